The first-order chi connectivity index (χ1) is 15.0. The van der Waals surface area contributed by atoms with Crippen molar-refractivity contribution in [2.45, 2.75) is 44.8 Å². The van der Waals surface area contributed by atoms with Crippen molar-refractivity contribution in [2.24, 2.45) is 0 Å². The second kappa shape index (κ2) is 7.41. The molecule has 5 nitrogen and oxygen atoms in total. The second-order valence-corrected chi connectivity index (χ2v) is 8.43. The SMILES string of the molecule is CCC1(CC)CC(NC(=O)CN2C(=O)c3cccc4cccc2c34)c2ccccc2O1. The molecule has 3 aromatic rings. The Morgan fingerprint density at radius 2 is 1.81 bits per heavy atom. The molecule has 31 heavy (non-hydrogen) atoms. The van der Waals surface area contributed by atoms with Gasteiger partial charge in [0.25, 0.3) is 5.91 Å². The highest BCUT2D eigenvalue weighted by Crippen LogP contribution is 2.43. The van der Waals surface area contributed by atoms with Crippen LogP contribution in [0, 0.1) is 0 Å². The molecule has 0 radical (unpaired) electrons. The van der Waals surface area contributed by atoms with Gasteiger partial charge in [-0.1, -0.05) is 56.3 Å². The highest BCUT2D eigenvalue weighted by molar-refractivity contribution is 6.26. The average molecular weight is 415 g/mol. The molecule has 2 heterocycles. The highest BCUT2D eigenvalue weighted by Gasteiger charge is 2.39. The quantitative estimate of drug-likeness (QED) is 0.639. The molecule has 5 rings (SSSR count). The van der Waals surface area contributed by atoms with Crippen LogP contribution in [0.5, 0.6) is 5.75 Å². The van der Waals surface area contributed by atoms with Crippen molar-refractivity contribution in [3.8, 4) is 5.75 Å². The maximum Gasteiger partial charge on any atom is 0.259 e. The van der Waals surface area contributed by atoms with Crippen molar-refractivity contribution in [1.82, 2.24) is 5.32 Å². The van der Waals surface area contributed by atoms with Crippen LogP contribution in [0.15, 0.2) is 60.7 Å². The number of nitrogens with one attached hydrogen (secondary N) is 1. The summed E-state index contributed by atoms with van der Waals surface area (Å²) in [7, 11) is 0. The Kier molecular flexibility index (Phi) is 4.69. The number of nitrogens with zero attached hydrogens (tertiary/aromatic N) is 1. The van der Waals surface area contributed by atoms with E-state index in [0.29, 0.717) is 12.0 Å². The van der Waals surface area contributed by atoms with Gasteiger partial charge < -0.3 is 10.1 Å². The molecule has 5 heteroatoms. The number of fused-ring (bicyclic) bond motifs is 1. The van der Waals surface area contributed by atoms with Crippen molar-refractivity contribution >= 4 is 28.3 Å². The first-order valence-corrected chi connectivity index (χ1v) is 11.0. The lowest BCUT2D eigenvalue weighted by atomic mass is 9.83. The Morgan fingerprint density at radius 1 is 1.06 bits per heavy atom. The molecule has 158 valence electrons. The summed E-state index contributed by atoms with van der Waals surface area (Å²) < 4.78 is 6.35. The summed E-state index contributed by atoms with van der Waals surface area (Å²) in [5.74, 6) is 0.545. The van der Waals surface area contributed by atoms with E-state index in [2.05, 4.69) is 19.2 Å². The summed E-state index contributed by atoms with van der Waals surface area (Å²) in [6, 6.07) is 19.3. The predicted octanol–water partition coefficient (Wildman–Crippen LogP) is 5.00. The van der Waals surface area contributed by atoms with E-state index in [1.54, 1.807) is 4.90 Å². The third-order valence-corrected chi connectivity index (χ3v) is 6.77. The number of rotatable bonds is 5. The predicted molar refractivity (Wildman–Crippen MR) is 122 cm³/mol. The van der Waals surface area contributed by atoms with Crippen molar-refractivity contribution in [3.63, 3.8) is 0 Å². The zero-order valence-electron chi connectivity index (χ0n) is 17.9. The molecule has 0 saturated heterocycles. The summed E-state index contributed by atoms with van der Waals surface area (Å²) in [4.78, 5) is 27.7. The Balaban J connectivity index is 1.40. The van der Waals surface area contributed by atoms with Gasteiger partial charge in [0.15, 0.2) is 0 Å². The minimum absolute atomic E-state index is 0.00258. The fourth-order valence-corrected chi connectivity index (χ4v) is 4.95. The van der Waals surface area contributed by atoms with E-state index < -0.39 is 0 Å². The molecule has 3 aromatic carbocycles. The zero-order valence-corrected chi connectivity index (χ0v) is 17.9. The molecule has 1 atom stereocenters. The maximum absolute atomic E-state index is 13.1. The van der Waals surface area contributed by atoms with Crippen molar-refractivity contribution in [1.29, 1.82) is 0 Å². The lowest BCUT2D eigenvalue weighted by Crippen LogP contribution is -2.47. The Labute approximate surface area is 182 Å². The first-order valence-electron chi connectivity index (χ1n) is 11.0. The number of carbonyl (C=O) groups is 2. The van der Waals surface area contributed by atoms with Gasteiger partial charge in [0.1, 0.15) is 17.9 Å². The van der Waals surface area contributed by atoms with Crippen LogP contribution in [-0.2, 0) is 4.79 Å². The fourth-order valence-electron chi connectivity index (χ4n) is 4.95. The number of hydrogen-bond acceptors (Lipinski definition) is 3. The number of carbonyl (C=O) groups excluding carboxylic acids is 2. The van der Waals surface area contributed by atoms with Gasteiger partial charge in [0, 0.05) is 22.9 Å². The molecule has 0 aliphatic carbocycles. The van der Waals surface area contributed by atoms with Crippen LogP contribution in [-0.4, -0.2) is 24.0 Å². The zero-order chi connectivity index (χ0) is 21.6. The summed E-state index contributed by atoms with van der Waals surface area (Å²) in [5.41, 5.74) is 2.16. The minimum Gasteiger partial charge on any atom is -0.487 e. The molecule has 1 N–H and O–H groups in total. The molecular formula is C26H26N2O3. The third-order valence-electron chi connectivity index (χ3n) is 6.77. The van der Waals surface area contributed by atoms with Gasteiger partial charge in [0.2, 0.25) is 5.91 Å². The number of ether oxygens (including phenoxy) is 1. The second-order valence-electron chi connectivity index (χ2n) is 8.43. The lowest BCUT2D eigenvalue weighted by Gasteiger charge is -2.41. The Morgan fingerprint density at radius 3 is 2.58 bits per heavy atom. The van der Waals surface area contributed by atoms with Gasteiger partial charge in [-0.25, -0.2) is 0 Å². The Bertz CT molecular complexity index is 1180. The number of amides is 2. The molecular weight excluding hydrogens is 388 g/mol. The normalized spacial score (nSPS) is 18.6. The van der Waals surface area contributed by atoms with E-state index in [0.717, 1.165) is 40.6 Å². The van der Waals surface area contributed by atoms with Gasteiger partial charge in [0.05, 0.1) is 11.7 Å². The average Bonchev–Trinajstić information content (AvgIpc) is 3.07. The maximum atomic E-state index is 13.1. The fraction of sp³-hybridized carbons (Fsp3) is 0.308. The smallest absolute Gasteiger partial charge is 0.259 e. The van der Waals surface area contributed by atoms with E-state index in [1.165, 1.54) is 0 Å². The first kappa shape index (κ1) is 19.6. The highest BCUT2D eigenvalue weighted by atomic mass is 16.5. The molecule has 0 aromatic heterocycles. The molecule has 0 bridgehead atoms. The molecule has 2 aliphatic rings. The molecule has 1 unspecified atom stereocenters. The Hall–Kier alpha value is -3.34. The van der Waals surface area contributed by atoms with E-state index in [4.69, 9.17) is 4.74 Å². The van der Waals surface area contributed by atoms with Gasteiger partial charge in [-0.15, -0.1) is 0 Å². The van der Waals surface area contributed by atoms with Crippen LogP contribution in [0.25, 0.3) is 10.8 Å². The summed E-state index contributed by atoms with van der Waals surface area (Å²) >= 11 is 0. The molecule has 0 saturated carbocycles. The molecule has 0 spiro atoms. The van der Waals surface area contributed by atoms with Crippen LogP contribution in [0.4, 0.5) is 5.69 Å². The summed E-state index contributed by atoms with van der Waals surface area (Å²) in [6.45, 7) is 4.24. The van der Waals surface area contributed by atoms with Crippen LogP contribution in [0.3, 0.4) is 0 Å². The standard InChI is InChI=1S/C26H26N2O3/c1-3-26(4-2)15-20(18-11-5-6-14-22(18)31-26)27-23(29)16-28-21-13-8-10-17-9-7-12-19(24(17)21)25(28)30/h5-14,20H,3-4,15-16H2,1-2H3,(H,27,29). The van der Waals surface area contributed by atoms with E-state index in [9.17, 15) is 9.59 Å². The van der Waals surface area contributed by atoms with Gasteiger partial charge in [-0.3, -0.25) is 14.5 Å². The van der Waals surface area contributed by atoms with Gasteiger partial charge >= 0.3 is 0 Å². The molecule has 2 aliphatic heterocycles. The number of benzene rings is 3. The van der Waals surface area contributed by atoms with Crippen LogP contribution < -0.4 is 15.0 Å². The van der Waals surface area contributed by atoms with E-state index in [-0.39, 0.29) is 30.0 Å². The monoisotopic (exact) mass is 414 g/mol. The third kappa shape index (κ3) is 3.16. The van der Waals surface area contributed by atoms with Crippen LogP contribution in [0.1, 0.15) is 55.1 Å². The number of hydrogen-bond donors (Lipinski definition) is 1. The minimum atomic E-state index is -0.294. The molecule has 0 fully saturated rings. The largest absolute Gasteiger partial charge is 0.487 e. The van der Waals surface area contributed by atoms with E-state index >= 15 is 0 Å². The van der Waals surface area contributed by atoms with Gasteiger partial charge in [-0.05, 0) is 36.4 Å². The molecule has 2 amide bonds. The lowest BCUT2D eigenvalue weighted by molar-refractivity contribution is -0.121. The van der Waals surface area contributed by atoms with Crippen molar-refractivity contribution in [3.05, 3.63) is 71.8 Å². The van der Waals surface area contributed by atoms with Crippen molar-refractivity contribution in [2.75, 3.05) is 11.4 Å². The topological polar surface area (TPSA) is 58.6 Å². The van der Waals surface area contributed by atoms with Crippen molar-refractivity contribution < 1.29 is 14.3 Å². The summed E-state index contributed by atoms with van der Waals surface area (Å²) in [5, 5.41) is 5.13. The van der Waals surface area contributed by atoms with Crippen LogP contribution >= 0.6 is 0 Å². The number of para-hydroxylation sites is 1. The van der Waals surface area contributed by atoms with E-state index in [1.807, 2.05) is 60.7 Å². The number of anilines is 1. The van der Waals surface area contributed by atoms with Gasteiger partial charge in [-0.2, -0.15) is 0 Å². The summed E-state index contributed by atoms with van der Waals surface area (Å²) in [6.07, 6.45) is 2.45. The van der Waals surface area contributed by atoms with Crippen LogP contribution in [0.2, 0.25) is 0 Å².